The fraction of sp³-hybridized carbons (Fsp3) is 0.333. The molecular weight excluding hydrogens is 403 g/mol. The average Bonchev–Trinajstić information content (AvgIpc) is 3.19. The number of benzene rings is 2. The quantitative estimate of drug-likeness (QED) is 0.659. The van der Waals surface area contributed by atoms with E-state index in [1.807, 2.05) is 23.1 Å². The van der Waals surface area contributed by atoms with Gasteiger partial charge in [-0.3, -0.25) is 4.79 Å². The highest BCUT2D eigenvalue weighted by Gasteiger charge is 2.31. The molecule has 2 heterocycles. The molecule has 0 atom stereocenters. The first-order chi connectivity index (χ1) is 14.9. The normalized spacial score (nSPS) is 16.7. The number of pyridine rings is 1. The molecule has 4 nitrogen and oxygen atoms in total. The van der Waals surface area contributed by atoms with Crippen molar-refractivity contribution in [3.8, 4) is 0 Å². The van der Waals surface area contributed by atoms with Crippen molar-refractivity contribution in [3.63, 3.8) is 0 Å². The van der Waals surface area contributed by atoms with E-state index in [4.69, 9.17) is 0 Å². The number of anilines is 1. The minimum absolute atomic E-state index is 0.0289. The van der Waals surface area contributed by atoms with Crippen molar-refractivity contribution in [1.82, 2.24) is 10.3 Å². The monoisotopic (exact) mass is 425 g/mol. The highest BCUT2D eigenvalue weighted by atomic mass is 19.4. The Morgan fingerprint density at radius 1 is 1.00 bits per heavy atom. The van der Waals surface area contributed by atoms with Crippen LogP contribution >= 0.6 is 0 Å². The van der Waals surface area contributed by atoms with E-state index in [9.17, 15) is 18.0 Å². The minimum Gasteiger partial charge on any atom is -0.356 e. The number of hydrogen-bond donors (Lipinski definition) is 1. The highest BCUT2D eigenvalue weighted by molar-refractivity contribution is 6.09. The van der Waals surface area contributed by atoms with Gasteiger partial charge in [-0.15, -0.1) is 0 Å². The van der Waals surface area contributed by atoms with E-state index < -0.39 is 11.7 Å². The second-order valence-corrected chi connectivity index (χ2v) is 8.25. The smallest absolute Gasteiger partial charge is 0.356 e. The Morgan fingerprint density at radius 3 is 2.42 bits per heavy atom. The number of carbonyl (C=O) groups is 1. The molecule has 0 bridgehead atoms. The molecule has 1 aromatic heterocycles. The van der Waals surface area contributed by atoms with Crippen LogP contribution in [0, 0.1) is 0 Å². The molecule has 1 aliphatic carbocycles. The van der Waals surface area contributed by atoms with Crippen LogP contribution in [0.3, 0.4) is 0 Å². The molecule has 0 unspecified atom stereocenters. The Labute approximate surface area is 178 Å². The number of aryl methyl sites for hydroxylation is 2. The number of amides is 1. The molecule has 2 aliphatic rings. The summed E-state index contributed by atoms with van der Waals surface area (Å²) in [5, 5.41) is 5.38. The van der Waals surface area contributed by atoms with Crippen LogP contribution < -0.4 is 10.2 Å². The van der Waals surface area contributed by atoms with E-state index in [-0.39, 0.29) is 11.9 Å². The lowest BCUT2D eigenvalue weighted by atomic mass is 9.98. The van der Waals surface area contributed by atoms with E-state index in [0.717, 1.165) is 43.3 Å². The Balaban J connectivity index is 1.24. The van der Waals surface area contributed by atoms with Gasteiger partial charge in [0.25, 0.3) is 5.91 Å². The topological polar surface area (TPSA) is 45.2 Å². The summed E-state index contributed by atoms with van der Waals surface area (Å²) in [6.07, 6.45) is -0.0297. The number of nitrogens with zero attached hydrogens (tertiary/aromatic N) is 2. The molecular formula is C24H22F3N3O. The van der Waals surface area contributed by atoms with Crippen molar-refractivity contribution in [3.05, 3.63) is 70.9 Å². The van der Waals surface area contributed by atoms with Gasteiger partial charge in [0.1, 0.15) is 5.82 Å². The molecule has 0 spiro atoms. The van der Waals surface area contributed by atoms with Gasteiger partial charge >= 0.3 is 6.18 Å². The molecule has 7 heteroatoms. The lowest BCUT2D eigenvalue weighted by Crippen LogP contribution is -2.45. The van der Waals surface area contributed by atoms with Crippen LogP contribution in [0.1, 0.15) is 39.9 Å². The standard InChI is InChI=1S/C24H22F3N3O/c25-24(26,27)17-7-9-21(28-14-17)30-12-10-18(11-13-30)29-23(31)20-8-6-16-5-4-15-2-1-3-19(20)22(15)16/h1-3,6-9,14,18H,4-5,10-13H2,(H,29,31). The zero-order chi connectivity index (χ0) is 21.6. The number of hydrogen-bond acceptors (Lipinski definition) is 3. The maximum atomic E-state index is 13.0. The van der Waals surface area contributed by atoms with Crippen molar-refractivity contribution in [1.29, 1.82) is 0 Å². The van der Waals surface area contributed by atoms with E-state index in [1.165, 1.54) is 22.6 Å². The number of piperidine rings is 1. The lowest BCUT2D eigenvalue weighted by molar-refractivity contribution is -0.137. The number of alkyl halides is 3. The van der Waals surface area contributed by atoms with Gasteiger partial charge in [0.05, 0.1) is 5.56 Å². The number of rotatable bonds is 3. The molecule has 0 saturated carbocycles. The predicted octanol–water partition coefficient (Wildman–Crippen LogP) is 4.75. The molecule has 1 amide bonds. The van der Waals surface area contributed by atoms with Gasteiger partial charge in [-0.05, 0) is 65.8 Å². The first-order valence-electron chi connectivity index (χ1n) is 10.5. The van der Waals surface area contributed by atoms with Crippen LogP contribution in [0.5, 0.6) is 0 Å². The molecule has 1 aliphatic heterocycles. The SMILES string of the molecule is O=C(NC1CCN(c2ccc(C(F)(F)F)cn2)CC1)c1ccc2c3c(cccc13)CC2. The molecule has 1 saturated heterocycles. The van der Waals surface area contributed by atoms with E-state index >= 15 is 0 Å². The van der Waals surface area contributed by atoms with E-state index in [1.54, 1.807) is 0 Å². The second kappa shape index (κ2) is 7.55. The zero-order valence-corrected chi connectivity index (χ0v) is 16.9. The summed E-state index contributed by atoms with van der Waals surface area (Å²) in [5.41, 5.74) is 2.57. The summed E-state index contributed by atoms with van der Waals surface area (Å²) in [4.78, 5) is 18.9. The second-order valence-electron chi connectivity index (χ2n) is 8.25. The maximum absolute atomic E-state index is 13.0. The van der Waals surface area contributed by atoms with Crippen LogP contribution in [-0.4, -0.2) is 30.0 Å². The van der Waals surface area contributed by atoms with Gasteiger partial charge in [0, 0.05) is 30.9 Å². The molecule has 1 fully saturated rings. The van der Waals surface area contributed by atoms with Crippen molar-refractivity contribution in [2.24, 2.45) is 0 Å². The van der Waals surface area contributed by atoms with Gasteiger partial charge in [-0.1, -0.05) is 24.3 Å². The maximum Gasteiger partial charge on any atom is 0.417 e. The molecule has 2 aromatic carbocycles. The Hall–Kier alpha value is -3.09. The fourth-order valence-corrected chi connectivity index (χ4v) is 4.70. The number of nitrogens with one attached hydrogen (secondary N) is 1. The minimum atomic E-state index is -4.38. The first kappa shape index (κ1) is 19.8. The summed E-state index contributed by atoms with van der Waals surface area (Å²) in [7, 11) is 0. The summed E-state index contributed by atoms with van der Waals surface area (Å²) in [6.45, 7) is 1.26. The summed E-state index contributed by atoms with van der Waals surface area (Å²) in [6, 6.07) is 12.6. The van der Waals surface area contributed by atoms with Gasteiger partial charge in [-0.25, -0.2) is 4.98 Å². The van der Waals surface area contributed by atoms with Gasteiger partial charge in [0.15, 0.2) is 0 Å². The Bertz CT molecular complexity index is 1120. The molecule has 0 radical (unpaired) electrons. The van der Waals surface area contributed by atoms with Crippen LogP contribution in [0.4, 0.5) is 19.0 Å². The summed E-state index contributed by atoms with van der Waals surface area (Å²) in [5.74, 6) is 0.465. The van der Waals surface area contributed by atoms with E-state index in [0.29, 0.717) is 24.5 Å². The summed E-state index contributed by atoms with van der Waals surface area (Å²) >= 11 is 0. The third-order valence-corrected chi connectivity index (χ3v) is 6.35. The van der Waals surface area contributed by atoms with Crippen molar-refractivity contribution in [2.45, 2.75) is 37.9 Å². The lowest BCUT2D eigenvalue weighted by Gasteiger charge is -2.33. The first-order valence-corrected chi connectivity index (χ1v) is 10.5. The molecule has 1 N–H and O–H groups in total. The largest absolute Gasteiger partial charge is 0.417 e. The number of carbonyl (C=O) groups excluding carboxylic acids is 1. The van der Waals surface area contributed by atoms with Gasteiger partial charge in [-0.2, -0.15) is 13.2 Å². The Kier molecular flexibility index (Phi) is 4.84. The van der Waals surface area contributed by atoms with Crippen LogP contribution in [0.15, 0.2) is 48.7 Å². The van der Waals surface area contributed by atoms with Gasteiger partial charge < -0.3 is 10.2 Å². The fourth-order valence-electron chi connectivity index (χ4n) is 4.70. The van der Waals surface area contributed by atoms with Crippen LogP contribution in [0.2, 0.25) is 0 Å². The van der Waals surface area contributed by atoms with E-state index in [2.05, 4.69) is 22.4 Å². The van der Waals surface area contributed by atoms with Crippen LogP contribution in [-0.2, 0) is 19.0 Å². The molecule has 3 aromatic rings. The molecule has 160 valence electrons. The van der Waals surface area contributed by atoms with Crippen molar-refractivity contribution >= 4 is 22.5 Å². The predicted molar refractivity (Wildman–Crippen MR) is 113 cm³/mol. The summed E-state index contributed by atoms with van der Waals surface area (Å²) < 4.78 is 38.2. The third kappa shape index (κ3) is 3.73. The molecule has 5 rings (SSSR count). The Morgan fingerprint density at radius 2 is 1.74 bits per heavy atom. The average molecular weight is 425 g/mol. The number of aromatic nitrogens is 1. The van der Waals surface area contributed by atoms with Crippen LogP contribution in [0.25, 0.3) is 10.8 Å². The van der Waals surface area contributed by atoms with Crippen molar-refractivity contribution in [2.75, 3.05) is 18.0 Å². The number of halogens is 3. The third-order valence-electron chi connectivity index (χ3n) is 6.35. The van der Waals surface area contributed by atoms with Crippen molar-refractivity contribution < 1.29 is 18.0 Å². The zero-order valence-electron chi connectivity index (χ0n) is 16.9. The molecule has 31 heavy (non-hydrogen) atoms. The highest BCUT2D eigenvalue weighted by Crippen LogP contribution is 2.33. The van der Waals surface area contributed by atoms with Gasteiger partial charge in [0.2, 0.25) is 0 Å².